The maximum atomic E-state index is 5.54. The van der Waals surface area contributed by atoms with Crippen molar-refractivity contribution in [1.29, 1.82) is 0 Å². The van der Waals surface area contributed by atoms with Crippen LogP contribution in [0.2, 0.25) is 0 Å². The molecule has 0 bridgehead atoms. The molecule has 2 rings (SSSR count). The van der Waals surface area contributed by atoms with Crippen LogP contribution in [0.25, 0.3) is 0 Å². The number of hydrogen-bond donors (Lipinski definition) is 1. The molecule has 2 N–H and O–H groups in total. The largest absolute Gasteiger partial charge is 0.374 e. The Bertz CT molecular complexity index is 410. The molecule has 0 spiro atoms. The molecule has 1 atom stereocenters. The van der Waals surface area contributed by atoms with E-state index in [0.29, 0.717) is 5.13 Å². The lowest BCUT2D eigenvalue weighted by atomic mass is 10.0. The number of nitrogen functional groups attached to an aromatic ring is 1. The third kappa shape index (κ3) is 1.75. The molecule has 0 amide bonds. The molecule has 2 aromatic rings. The summed E-state index contributed by atoms with van der Waals surface area (Å²) in [5.41, 5.74) is 6.78. The minimum absolute atomic E-state index is 0.269. The molecule has 0 saturated heterocycles. The third-order valence-electron chi connectivity index (χ3n) is 2.13. The molecule has 0 aliphatic heterocycles. The van der Waals surface area contributed by atoms with Gasteiger partial charge in [0.05, 0.1) is 0 Å². The third-order valence-corrected chi connectivity index (χ3v) is 3.06. The van der Waals surface area contributed by atoms with Crippen molar-refractivity contribution < 1.29 is 0 Å². The van der Waals surface area contributed by atoms with Gasteiger partial charge in [-0.2, -0.15) is 0 Å². The first-order chi connectivity index (χ1) is 6.77. The van der Waals surface area contributed by atoms with Crippen LogP contribution in [-0.4, -0.2) is 10.2 Å². The van der Waals surface area contributed by atoms with Gasteiger partial charge in [-0.05, 0) is 5.56 Å². The van der Waals surface area contributed by atoms with Gasteiger partial charge >= 0.3 is 0 Å². The fraction of sp³-hybridized carbons (Fsp3) is 0.200. The Labute approximate surface area is 86.6 Å². The molecular formula is C10H11N3S. The Kier molecular flexibility index (Phi) is 2.45. The van der Waals surface area contributed by atoms with Crippen LogP contribution in [0, 0.1) is 0 Å². The van der Waals surface area contributed by atoms with Crippen LogP contribution in [0.15, 0.2) is 30.3 Å². The molecule has 0 aliphatic rings. The summed E-state index contributed by atoms with van der Waals surface area (Å²) in [6.45, 7) is 2.11. The van der Waals surface area contributed by atoms with Crippen LogP contribution in [0.1, 0.15) is 23.4 Å². The van der Waals surface area contributed by atoms with E-state index in [0.717, 1.165) is 5.01 Å². The summed E-state index contributed by atoms with van der Waals surface area (Å²) < 4.78 is 0. The van der Waals surface area contributed by atoms with E-state index < -0.39 is 0 Å². The highest BCUT2D eigenvalue weighted by Gasteiger charge is 2.12. The Balaban J connectivity index is 2.29. The zero-order valence-electron chi connectivity index (χ0n) is 7.84. The maximum absolute atomic E-state index is 5.54. The zero-order chi connectivity index (χ0) is 9.97. The number of hydrogen-bond acceptors (Lipinski definition) is 4. The Morgan fingerprint density at radius 2 is 1.93 bits per heavy atom. The average molecular weight is 205 g/mol. The van der Waals surface area contributed by atoms with E-state index in [1.165, 1.54) is 16.9 Å². The molecule has 1 aromatic carbocycles. The quantitative estimate of drug-likeness (QED) is 0.818. The lowest BCUT2D eigenvalue weighted by molar-refractivity contribution is 0.869. The summed E-state index contributed by atoms with van der Waals surface area (Å²) >= 11 is 1.45. The van der Waals surface area contributed by atoms with E-state index in [2.05, 4.69) is 29.3 Å². The summed E-state index contributed by atoms with van der Waals surface area (Å²) in [6.07, 6.45) is 0. The molecule has 1 heterocycles. The molecule has 0 aliphatic carbocycles. The van der Waals surface area contributed by atoms with Crippen LogP contribution in [-0.2, 0) is 0 Å². The van der Waals surface area contributed by atoms with Crippen molar-refractivity contribution in [2.45, 2.75) is 12.8 Å². The lowest BCUT2D eigenvalue weighted by Crippen LogP contribution is -1.94. The molecule has 0 radical (unpaired) electrons. The van der Waals surface area contributed by atoms with Gasteiger partial charge in [-0.3, -0.25) is 0 Å². The molecule has 0 unspecified atom stereocenters. The highest BCUT2D eigenvalue weighted by molar-refractivity contribution is 7.15. The van der Waals surface area contributed by atoms with Gasteiger partial charge in [0.2, 0.25) is 5.13 Å². The molecule has 14 heavy (non-hydrogen) atoms. The van der Waals surface area contributed by atoms with E-state index in [9.17, 15) is 0 Å². The Morgan fingerprint density at radius 3 is 2.50 bits per heavy atom. The number of benzene rings is 1. The minimum Gasteiger partial charge on any atom is -0.374 e. The van der Waals surface area contributed by atoms with Crippen molar-refractivity contribution >= 4 is 16.5 Å². The molecule has 3 nitrogen and oxygen atoms in total. The SMILES string of the molecule is C[C@@H](c1ccccc1)c1nnc(N)s1. The van der Waals surface area contributed by atoms with Gasteiger partial charge in [0, 0.05) is 5.92 Å². The molecule has 1 aromatic heterocycles. The van der Waals surface area contributed by atoms with Crippen LogP contribution in [0.4, 0.5) is 5.13 Å². The van der Waals surface area contributed by atoms with Crippen LogP contribution in [0.5, 0.6) is 0 Å². The Morgan fingerprint density at radius 1 is 1.21 bits per heavy atom. The highest BCUT2D eigenvalue weighted by atomic mass is 32.1. The summed E-state index contributed by atoms with van der Waals surface area (Å²) in [4.78, 5) is 0. The van der Waals surface area contributed by atoms with Crippen molar-refractivity contribution in [3.05, 3.63) is 40.9 Å². The summed E-state index contributed by atoms with van der Waals surface area (Å²) in [6, 6.07) is 10.2. The summed E-state index contributed by atoms with van der Waals surface area (Å²) in [5, 5.41) is 9.34. The highest BCUT2D eigenvalue weighted by Crippen LogP contribution is 2.26. The number of anilines is 1. The Hall–Kier alpha value is -1.42. The fourth-order valence-corrected chi connectivity index (χ4v) is 2.00. The first-order valence-corrected chi connectivity index (χ1v) is 5.23. The maximum Gasteiger partial charge on any atom is 0.203 e. The van der Waals surface area contributed by atoms with E-state index in [-0.39, 0.29) is 5.92 Å². The van der Waals surface area contributed by atoms with Crippen LogP contribution >= 0.6 is 11.3 Å². The second-order valence-electron chi connectivity index (χ2n) is 3.11. The number of rotatable bonds is 2. The number of aromatic nitrogens is 2. The molecular weight excluding hydrogens is 194 g/mol. The minimum atomic E-state index is 0.269. The number of nitrogens with zero attached hydrogens (tertiary/aromatic N) is 2. The first-order valence-electron chi connectivity index (χ1n) is 4.41. The van der Waals surface area contributed by atoms with Gasteiger partial charge in [-0.25, -0.2) is 0 Å². The normalized spacial score (nSPS) is 12.6. The van der Waals surface area contributed by atoms with E-state index in [1.54, 1.807) is 0 Å². The van der Waals surface area contributed by atoms with E-state index >= 15 is 0 Å². The lowest BCUT2D eigenvalue weighted by Gasteiger charge is -2.06. The van der Waals surface area contributed by atoms with Crippen molar-refractivity contribution in [3.8, 4) is 0 Å². The van der Waals surface area contributed by atoms with Crippen LogP contribution < -0.4 is 5.73 Å². The fourth-order valence-electron chi connectivity index (χ4n) is 1.31. The molecule has 4 heteroatoms. The van der Waals surface area contributed by atoms with E-state index in [1.807, 2.05) is 18.2 Å². The zero-order valence-corrected chi connectivity index (χ0v) is 8.66. The monoisotopic (exact) mass is 205 g/mol. The summed E-state index contributed by atoms with van der Waals surface area (Å²) in [7, 11) is 0. The standard InChI is InChI=1S/C10H11N3S/c1-7(8-5-3-2-4-6-8)9-12-13-10(11)14-9/h2-7H,1H3,(H2,11,13)/t7-/m0/s1. The molecule has 72 valence electrons. The predicted octanol–water partition coefficient (Wildman–Crippen LogP) is 2.27. The first kappa shape index (κ1) is 9.15. The molecule has 0 fully saturated rings. The topological polar surface area (TPSA) is 51.8 Å². The number of nitrogens with two attached hydrogens (primary N) is 1. The van der Waals surface area contributed by atoms with Crippen molar-refractivity contribution in [3.63, 3.8) is 0 Å². The van der Waals surface area contributed by atoms with E-state index in [4.69, 9.17) is 5.73 Å². The predicted molar refractivity (Wildman–Crippen MR) is 58.3 cm³/mol. The molecule has 0 saturated carbocycles. The second kappa shape index (κ2) is 3.75. The van der Waals surface area contributed by atoms with Crippen molar-refractivity contribution in [2.24, 2.45) is 0 Å². The summed E-state index contributed by atoms with van der Waals surface area (Å²) in [5.74, 6) is 0.269. The van der Waals surface area contributed by atoms with Crippen molar-refractivity contribution in [2.75, 3.05) is 5.73 Å². The van der Waals surface area contributed by atoms with Gasteiger partial charge in [0.25, 0.3) is 0 Å². The smallest absolute Gasteiger partial charge is 0.203 e. The van der Waals surface area contributed by atoms with Gasteiger partial charge in [-0.1, -0.05) is 48.6 Å². The van der Waals surface area contributed by atoms with Gasteiger partial charge in [0.1, 0.15) is 5.01 Å². The average Bonchev–Trinajstić information content (AvgIpc) is 2.65. The van der Waals surface area contributed by atoms with Crippen LogP contribution in [0.3, 0.4) is 0 Å². The van der Waals surface area contributed by atoms with Crippen molar-refractivity contribution in [1.82, 2.24) is 10.2 Å². The van der Waals surface area contributed by atoms with Gasteiger partial charge in [0.15, 0.2) is 0 Å². The second-order valence-corrected chi connectivity index (χ2v) is 4.15. The van der Waals surface area contributed by atoms with Gasteiger partial charge < -0.3 is 5.73 Å². The van der Waals surface area contributed by atoms with Gasteiger partial charge in [-0.15, -0.1) is 10.2 Å².